The van der Waals surface area contributed by atoms with Crippen LogP contribution in [0.5, 0.6) is 0 Å². The number of benzene rings is 1. The van der Waals surface area contributed by atoms with E-state index in [0.29, 0.717) is 31.0 Å². The third-order valence-electron chi connectivity index (χ3n) is 5.17. The number of carbonyl (C=O) groups is 2. The Morgan fingerprint density at radius 3 is 2.83 bits per heavy atom. The lowest BCUT2D eigenvalue weighted by atomic mass is 10.1. The van der Waals surface area contributed by atoms with Gasteiger partial charge in [-0.2, -0.15) is 9.78 Å². The van der Waals surface area contributed by atoms with E-state index in [4.69, 9.17) is 0 Å². The van der Waals surface area contributed by atoms with E-state index in [0.717, 1.165) is 12.0 Å². The molecule has 4 rings (SSSR count). The minimum Gasteiger partial charge on any atom is -0.336 e. The molecule has 0 saturated carbocycles. The van der Waals surface area contributed by atoms with Crippen LogP contribution < -0.4 is 0 Å². The summed E-state index contributed by atoms with van der Waals surface area (Å²) in [5, 5.41) is 17.8. The van der Waals surface area contributed by atoms with Crippen molar-refractivity contribution in [2.45, 2.75) is 32.4 Å². The Morgan fingerprint density at radius 1 is 1.28 bits per heavy atom. The van der Waals surface area contributed by atoms with Gasteiger partial charge >= 0.3 is 0 Å². The molecule has 2 aromatic heterocycles. The SMILES string of the molecule is CC[C@@H]1CN(C(=O)c2cn[nH]c2-n2cnnn2)CCC(=O)N1Cc1ccccc1. The highest BCUT2D eigenvalue weighted by atomic mass is 16.2. The first-order valence-corrected chi connectivity index (χ1v) is 9.56. The van der Waals surface area contributed by atoms with Crippen LogP contribution in [0, 0.1) is 0 Å². The largest absolute Gasteiger partial charge is 0.336 e. The van der Waals surface area contributed by atoms with Gasteiger partial charge in [0.2, 0.25) is 5.91 Å². The van der Waals surface area contributed by atoms with Crippen molar-refractivity contribution in [3.63, 3.8) is 0 Å². The van der Waals surface area contributed by atoms with Crippen LogP contribution in [0.15, 0.2) is 42.9 Å². The van der Waals surface area contributed by atoms with Gasteiger partial charge < -0.3 is 9.80 Å². The van der Waals surface area contributed by atoms with Crippen molar-refractivity contribution in [1.82, 2.24) is 40.2 Å². The summed E-state index contributed by atoms with van der Waals surface area (Å²) < 4.78 is 1.36. The van der Waals surface area contributed by atoms with Crippen LogP contribution in [0.3, 0.4) is 0 Å². The molecule has 150 valence electrons. The monoisotopic (exact) mass is 394 g/mol. The van der Waals surface area contributed by atoms with Crippen molar-refractivity contribution >= 4 is 11.8 Å². The van der Waals surface area contributed by atoms with Crippen molar-refractivity contribution in [1.29, 1.82) is 0 Å². The maximum atomic E-state index is 13.2. The van der Waals surface area contributed by atoms with E-state index in [9.17, 15) is 9.59 Å². The molecule has 1 aliphatic rings. The summed E-state index contributed by atoms with van der Waals surface area (Å²) in [7, 11) is 0. The van der Waals surface area contributed by atoms with E-state index in [1.54, 1.807) is 4.90 Å². The standard InChI is InChI=1S/C19H22N8O2/c1-2-15-12-25(9-8-17(28)26(15)11-14-6-4-3-5-7-14)19(29)16-10-20-22-18(16)27-13-21-23-24-27/h3-7,10,13,15H,2,8-9,11-12H2,1H3,(H,20,22)/t15-/m1/s1. The number of tetrazole rings is 1. The topological polar surface area (TPSA) is 113 Å². The van der Waals surface area contributed by atoms with Gasteiger partial charge in [0, 0.05) is 32.1 Å². The molecule has 0 bridgehead atoms. The molecule has 3 aromatic rings. The van der Waals surface area contributed by atoms with Gasteiger partial charge in [-0.15, -0.1) is 5.10 Å². The fourth-order valence-electron chi connectivity index (χ4n) is 3.60. The molecule has 1 atom stereocenters. The van der Waals surface area contributed by atoms with E-state index in [-0.39, 0.29) is 24.3 Å². The summed E-state index contributed by atoms with van der Waals surface area (Å²) in [6.45, 7) is 3.41. The van der Waals surface area contributed by atoms with E-state index >= 15 is 0 Å². The first-order chi connectivity index (χ1) is 14.2. The van der Waals surface area contributed by atoms with Crippen molar-refractivity contribution in [3.8, 4) is 5.82 Å². The second kappa shape index (κ2) is 8.21. The minimum atomic E-state index is -0.197. The third kappa shape index (κ3) is 3.86. The molecule has 0 unspecified atom stereocenters. The number of aromatic nitrogens is 6. The Bertz CT molecular complexity index is 969. The summed E-state index contributed by atoms with van der Waals surface area (Å²) in [5.41, 5.74) is 1.45. The molecule has 3 heterocycles. The summed E-state index contributed by atoms with van der Waals surface area (Å²) in [4.78, 5) is 29.7. The molecule has 2 amide bonds. The third-order valence-corrected chi connectivity index (χ3v) is 5.17. The Hall–Kier alpha value is -3.56. The Kier molecular flexibility index (Phi) is 5.32. The predicted molar refractivity (Wildman–Crippen MR) is 103 cm³/mol. The molecule has 1 aromatic carbocycles. The lowest BCUT2D eigenvalue weighted by Gasteiger charge is -2.31. The summed E-state index contributed by atoms with van der Waals surface area (Å²) >= 11 is 0. The fourth-order valence-corrected chi connectivity index (χ4v) is 3.60. The van der Waals surface area contributed by atoms with Crippen molar-refractivity contribution < 1.29 is 9.59 Å². The number of hydrogen-bond donors (Lipinski definition) is 1. The van der Waals surface area contributed by atoms with Crippen LogP contribution in [-0.4, -0.2) is 71.2 Å². The average Bonchev–Trinajstić information content (AvgIpc) is 3.41. The number of nitrogens with one attached hydrogen (secondary N) is 1. The highest BCUT2D eigenvalue weighted by Gasteiger charge is 2.32. The molecule has 29 heavy (non-hydrogen) atoms. The maximum Gasteiger partial charge on any atom is 0.259 e. The molecular formula is C19H22N8O2. The number of hydrogen-bond acceptors (Lipinski definition) is 6. The smallest absolute Gasteiger partial charge is 0.259 e. The number of nitrogens with zero attached hydrogens (tertiary/aromatic N) is 7. The van der Waals surface area contributed by atoms with Gasteiger partial charge in [0.25, 0.3) is 5.91 Å². The van der Waals surface area contributed by atoms with Crippen LogP contribution >= 0.6 is 0 Å². The highest BCUT2D eigenvalue weighted by Crippen LogP contribution is 2.20. The molecule has 10 nitrogen and oxygen atoms in total. The summed E-state index contributed by atoms with van der Waals surface area (Å²) in [5.74, 6) is 0.269. The maximum absolute atomic E-state index is 13.2. The first-order valence-electron chi connectivity index (χ1n) is 9.56. The zero-order chi connectivity index (χ0) is 20.2. The number of carbonyl (C=O) groups excluding carboxylic acids is 2. The van der Waals surface area contributed by atoms with Crippen molar-refractivity contribution in [3.05, 3.63) is 54.0 Å². The molecule has 10 heteroatoms. The Balaban J connectivity index is 1.55. The second-order valence-corrected chi connectivity index (χ2v) is 6.96. The number of H-pyrrole nitrogens is 1. The number of aromatic amines is 1. The summed E-state index contributed by atoms with van der Waals surface area (Å²) in [6, 6.07) is 9.85. The van der Waals surface area contributed by atoms with Crippen LogP contribution in [0.4, 0.5) is 0 Å². The second-order valence-electron chi connectivity index (χ2n) is 6.96. The van der Waals surface area contributed by atoms with Crippen molar-refractivity contribution in [2.75, 3.05) is 13.1 Å². The van der Waals surface area contributed by atoms with E-state index in [2.05, 4.69) is 25.7 Å². The molecule has 0 aliphatic carbocycles. The van der Waals surface area contributed by atoms with Gasteiger partial charge in [0.05, 0.1) is 6.20 Å². The van der Waals surface area contributed by atoms with Crippen LogP contribution in [0.25, 0.3) is 5.82 Å². The zero-order valence-electron chi connectivity index (χ0n) is 16.1. The van der Waals surface area contributed by atoms with E-state index in [1.165, 1.54) is 17.2 Å². The molecule has 0 spiro atoms. The molecule has 1 aliphatic heterocycles. The number of amides is 2. The average molecular weight is 394 g/mol. The Labute approximate surface area is 167 Å². The lowest BCUT2D eigenvalue weighted by Crippen LogP contribution is -2.43. The molecule has 1 saturated heterocycles. The van der Waals surface area contributed by atoms with Gasteiger partial charge in [-0.1, -0.05) is 37.3 Å². The first kappa shape index (κ1) is 18.8. The normalized spacial score (nSPS) is 17.4. The zero-order valence-corrected chi connectivity index (χ0v) is 16.1. The van der Waals surface area contributed by atoms with Gasteiger partial charge in [0.15, 0.2) is 5.82 Å². The molecule has 0 radical (unpaired) electrons. The van der Waals surface area contributed by atoms with Gasteiger partial charge in [-0.05, 0) is 22.4 Å². The van der Waals surface area contributed by atoms with Crippen LogP contribution in [0.2, 0.25) is 0 Å². The van der Waals surface area contributed by atoms with E-state index < -0.39 is 0 Å². The molecule has 1 N–H and O–H groups in total. The molecular weight excluding hydrogens is 372 g/mol. The van der Waals surface area contributed by atoms with E-state index in [1.807, 2.05) is 42.2 Å². The summed E-state index contributed by atoms with van der Waals surface area (Å²) in [6.07, 6.45) is 3.90. The molecule has 1 fully saturated rings. The Morgan fingerprint density at radius 2 is 2.10 bits per heavy atom. The van der Waals surface area contributed by atoms with Crippen LogP contribution in [-0.2, 0) is 11.3 Å². The van der Waals surface area contributed by atoms with Crippen LogP contribution in [0.1, 0.15) is 35.7 Å². The van der Waals surface area contributed by atoms with Gasteiger partial charge in [-0.25, -0.2) is 0 Å². The fraction of sp³-hybridized carbons (Fsp3) is 0.368. The predicted octanol–water partition coefficient (Wildman–Crippen LogP) is 1.04. The number of rotatable bonds is 5. The highest BCUT2D eigenvalue weighted by molar-refractivity contribution is 5.97. The van der Waals surface area contributed by atoms with Gasteiger partial charge in [0.1, 0.15) is 11.9 Å². The lowest BCUT2D eigenvalue weighted by molar-refractivity contribution is -0.133. The van der Waals surface area contributed by atoms with Gasteiger partial charge in [-0.3, -0.25) is 14.7 Å². The minimum absolute atomic E-state index is 0.0578. The van der Waals surface area contributed by atoms with Crippen molar-refractivity contribution in [2.24, 2.45) is 0 Å². The quantitative estimate of drug-likeness (QED) is 0.692.